The molecule has 166 valence electrons. The highest BCUT2D eigenvalue weighted by atomic mass is 32.2. The van der Waals surface area contributed by atoms with E-state index in [0.717, 1.165) is 78.5 Å². The van der Waals surface area contributed by atoms with Gasteiger partial charge in [0.25, 0.3) is 0 Å². The summed E-state index contributed by atoms with van der Waals surface area (Å²) in [4.78, 5) is 14.2. The molecule has 3 aromatic rings. The SMILES string of the molecule is CCSc1nc(-c2ccc(OCCCN3CCN(C)CC3)c(OC)c2)cc2nccn12. The van der Waals surface area contributed by atoms with Gasteiger partial charge in [-0.25, -0.2) is 9.97 Å². The third-order valence-electron chi connectivity index (χ3n) is 5.56. The molecule has 1 aliphatic heterocycles. The lowest BCUT2D eigenvalue weighted by Gasteiger charge is -2.32. The lowest BCUT2D eigenvalue weighted by Crippen LogP contribution is -2.44. The summed E-state index contributed by atoms with van der Waals surface area (Å²) >= 11 is 1.71. The Morgan fingerprint density at radius 3 is 2.71 bits per heavy atom. The van der Waals surface area contributed by atoms with Crippen LogP contribution in [0.15, 0.2) is 41.8 Å². The largest absolute Gasteiger partial charge is 0.493 e. The summed E-state index contributed by atoms with van der Waals surface area (Å²) in [5.41, 5.74) is 2.77. The van der Waals surface area contributed by atoms with Gasteiger partial charge in [-0.3, -0.25) is 4.40 Å². The number of rotatable bonds is 9. The molecule has 0 amide bonds. The monoisotopic (exact) mass is 441 g/mol. The molecule has 0 atom stereocenters. The molecule has 1 aliphatic rings. The van der Waals surface area contributed by atoms with Gasteiger partial charge in [0.15, 0.2) is 16.7 Å². The first kappa shape index (κ1) is 21.9. The van der Waals surface area contributed by atoms with Crippen molar-refractivity contribution in [1.29, 1.82) is 0 Å². The molecular weight excluding hydrogens is 410 g/mol. The van der Waals surface area contributed by atoms with Crippen LogP contribution in [0, 0.1) is 0 Å². The van der Waals surface area contributed by atoms with Crippen molar-refractivity contribution in [3.05, 3.63) is 36.7 Å². The second kappa shape index (κ2) is 10.3. The van der Waals surface area contributed by atoms with Gasteiger partial charge in [0.05, 0.1) is 19.4 Å². The van der Waals surface area contributed by atoms with Crippen LogP contribution in [-0.2, 0) is 0 Å². The highest BCUT2D eigenvalue weighted by molar-refractivity contribution is 7.99. The molecule has 0 saturated carbocycles. The average Bonchev–Trinajstić information content (AvgIpc) is 3.27. The molecule has 4 rings (SSSR count). The van der Waals surface area contributed by atoms with Crippen molar-refractivity contribution in [1.82, 2.24) is 24.2 Å². The molecule has 0 spiro atoms. The van der Waals surface area contributed by atoms with E-state index in [9.17, 15) is 0 Å². The minimum Gasteiger partial charge on any atom is -0.493 e. The van der Waals surface area contributed by atoms with Crippen LogP contribution in [0.3, 0.4) is 0 Å². The summed E-state index contributed by atoms with van der Waals surface area (Å²) in [5, 5.41) is 0.940. The molecule has 0 radical (unpaired) electrons. The van der Waals surface area contributed by atoms with E-state index >= 15 is 0 Å². The molecular formula is C23H31N5O2S. The number of hydrogen-bond acceptors (Lipinski definition) is 7. The van der Waals surface area contributed by atoms with Gasteiger partial charge in [0, 0.05) is 56.7 Å². The van der Waals surface area contributed by atoms with E-state index in [1.54, 1.807) is 25.1 Å². The van der Waals surface area contributed by atoms with E-state index < -0.39 is 0 Å². The maximum absolute atomic E-state index is 6.05. The van der Waals surface area contributed by atoms with Crippen LogP contribution in [-0.4, -0.2) is 83.4 Å². The lowest BCUT2D eigenvalue weighted by atomic mass is 10.1. The van der Waals surface area contributed by atoms with Crippen LogP contribution < -0.4 is 9.47 Å². The van der Waals surface area contributed by atoms with Crippen LogP contribution >= 0.6 is 11.8 Å². The number of benzene rings is 1. The molecule has 0 unspecified atom stereocenters. The van der Waals surface area contributed by atoms with E-state index in [-0.39, 0.29) is 0 Å². The Balaban J connectivity index is 1.42. The number of piperazine rings is 1. The summed E-state index contributed by atoms with van der Waals surface area (Å²) in [5.74, 6) is 2.45. The minimum atomic E-state index is 0.678. The van der Waals surface area contributed by atoms with E-state index in [2.05, 4.69) is 28.8 Å². The van der Waals surface area contributed by atoms with Gasteiger partial charge in [-0.1, -0.05) is 18.7 Å². The third kappa shape index (κ3) is 5.31. The normalized spacial score (nSPS) is 15.5. The molecule has 3 heterocycles. The molecule has 1 fully saturated rings. The number of thioether (sulfide) groups is 1. The van der Waals surface area contributed by atoms with Crippen LogP contribution in [0.25, 0.3) is 16.9 Å². The molecule has 8 heteroatoms. The van der Waals surface area contributed by atoms with Gasteiger partial charge >= 0.3 is 0 Å². The molecule has 31 heavy (non-hydrogen) atoms. The topological polar surface area (TPSA) is 55.1 Å². The molecule has 2 aromatic heterocycles. The first-order valence-electron chi connectivity index (χ1n) is 10.9. The Kier molecular flexibility index (Phi) is 7.32. The molecule has 1 saturated heterocycles. The van der Waals surface area contributed by atoms with Gasteiger partial charge in [0.2, 0.25) is 0 Å². The Morgan fingerprint density at radius 1 is 1.10 bits per heavy atom. The van der Waals surface area contributed by atoms with Gasteiger partial charge in [-0.15, -0.1) is 0 Å². The Hall–Kier alpha value is -2.29. The van der Waals surface area contributed by atoms with Crippen LogP contribution in [0.5, 0.6) is 11.5 Å². The molecule has 0 bridgehead atoms. The van der Waals surface area contributed by atoms with E-state index in [1.165, 1.54) is 0 Å². The highest BCUT2D eigenvalue weighted by Crippen LogP contribution is 2.33. The molecule has 0 N–H and O–H groups in total. The van der Waals surface area contributed by atoms with E-state index in [1.807, 2.05) is 34.9 Å². The van der Waals surface area contributed by atoms with Crippen molar-refractivity contribution in [3.8, 4) is 22.8 Å². The fourth-order valence-electron chi connectivity index (χ4n) is 3.76. The summed E-state index contributed by atoms with van der Waals surface area (Å²) in [6.45, 7) is 8.44. The minimum absolute atomic E-state index is 0.678. The number of nitrogens with zero attached hydrogens (tertiary/aromatic N) is 5. The van der Waals surface area contributed by atoms with Crippen molar-refractivity contribution < 1.29 is 9.47 Å². The number of imidazole rings is 1. The van der Waals surface area contributed by atoms with Crippen molar-refractivity contribution in [2.24, 2.45) is 0 Å². The third-order valence-corrected chi connectivity index (χ3v) is 6.40. The zero-order valence-corrected chi connectivity index (χ0v) is 19.4. The Bertz CT molecular complexity index is 1000. The maximum Gasteiger partial charge on any atom is 0.174 e. The van der Waals surface area contributed by atoms with Gasteiger partial charge in [-0.2, -0.15) is 0 Å². The van der Waals surface area contributed by atoms with Gasteiger partial charge in [0.1, 0.15) is 5.65 Å². The number of aromatic nitrogens is 3. The number of hydrogen-bond donors (Lipinski definition) is 0. The van der Waals surface area contributed by atoms with Crippen molar-refractivity contribution >= 4 is 17.4 Å². The summed E-state index contributed by atoms with van der Waals surface area (Å²) in [6.07, 6.45) is 4.76. The van der Waals surface area contributed by atoms with Crippen LogP contribution in [0.2, 0.25) is 0 Å². The molecule has 7 nitrogen and oxygen atoms in total. The van der Waals surface area contributed by atoms with E-state index in [0.29, 0.717) is 6.61 Å². The number of fused-ring (bicyclic) bond motifs is 1. The average molecular weight is 442 g/mol. The molecule has 1 aromatic carbocycles. The first-order chi connectivity index (χ1) is 15.2. The number of methoxy groups -OCH3 is 1. The van der Waals surface area contributed by atoms with Crippen LogP contribution in [0.1, 0.15) is 13.3 Å². The fraction of sp³-hybridized carbons (Fsp3) is 0.478. The zero-order valence-electron chi connectivity index (χ0n) is 18.6. The first-order valence-corrected chi connectivity index (χ1v) is 11.9. The second-order valence-electron chi connectivity index (χ2n) is 7.72. The highest BCUT2D eigenvalue weighted by Gasteiger charge is 2.14. The van der Waals surface area contributed by atoms with Gasteiger partial charge < -0.3 is 19.3 Å². The quantitative estimate of drug-likeness (QED) is 0.286. The molecule has 0 aliphatic carbocycles. The summed E-state index contributed by atoms with van der Waals surface area (Å²) in [7, 11) is 3.86. The standard InChI is InChI=1S/C23H31N5O2S/c1-4-31-23-25-19(17-22-24-8-10-28(22)23)18-6-7-20(21(16-18)29-3)30-15-5-9-27-13-11-26(2)12-14-27/h6-8,10,16-17H,4-5,9,11-15H2,1-3H3. The fourth-order valence-corrected chi connectivity index (χ4v) is 4.48. The van der Waals surface area contributed by atoms with E-state index in [4.69, 9.17) is 14.5 Å². The maximum atomic E-state index is 6.05. The number of ether oxygens (including phenoxy) is 2. The predicted molar refractivity (Wildman–Crippen MR) is 125 cm³/mol. The summed E-state index contributed by atoms with van der Waals surface area (Å²) < 4.78 is 13.7. The summed E-state index contributed by atoms with van der Waals surface area (Å²) in [6, 6.07) is 8.03. The number of likely N-dealkylation sites (N-methyl/N-ethyl adjacent to an activating group) is 1. The van der Waals surface area contributed by atoms with Crippen LogP contribution in [0.4, 0.5) is 0 Å². The Labute approximate surface area is 188 Å². The lowest BCUT2D eigenvalue weighted by molar-refractivity contribution is 0.145. The smallest absolute Gasteiger partial charge is 0.174 e. The van der Waals surface area contributed by atoms with Gasteiger partial charge in [-0.05, 0) is 37.4 Å². The second-order valence-corrected chi connectivity index (χ2v) is 8.96. The predicted octanol–water partition coefficient (Wildman–Crippen LogP) is 3.53. The van der Waals surface area contributed by atoms with Crippen molar-refractivity contribution in [2.75, 3.05) is 59.2 Å². The Morgan fingerprint density at radius 2 is 1.94 bits per heavy atom. The van der Waals surface area contributed by atoms with Crippen molar-refractivity contribution in [2.45, 2.75) is 18.5 Å². The van der Waals surface area contributed by atoms with Crippen molar-refractivity contribution in [3.63, 3.8) is 0 Å². The zero-order chi connectivity index (χ0) is 21.6.